The van der Waals surface area contributed by atoms with Crippen LogP contribution in [0.4, 0.5) is 19.0 Å². The van der Waals surface area contributed by atoms with Gasteiger partial charge in [0, 0.05) is 23.3 Å². The Morgan fingerprint density at radius 3 is 2.86 bits per heavy atom. The molecule has 0 unspecified atom stereocenters. The second-order valence-corrected chi connectivity index (χ2v) is 6.68. The summed E-state index contributed by atoms with van der Waals surface area (Å²) in [6.45, 7) is -0.689. The van der Waals surface area contributed by atoms with Gasteiger partial charge in [0.2, 0.25) is 5.91 Å². The summed E-state index contributed by atoms with van der Waals surface area (Å²) in [6.07, 6.45) is 3.49. The minimum absolute atomic E-state index is 0.325. The summed E-state index contributed by atoms with van der Waals surface area (Å²) in [4.78, 5) is 27.9. The van der Waals surface area contributed by atoms with Crippen LogP contribution in [0.1, 0.15) is 19.3 Å². The number of aromatic nitrogens is 4. The molecule has 28 heavy (non-hydrogen) atoms. The molecule has 10 heteroatoms. The van der Waals surface area contributed by atoms with E-state index in [0.29, 0.717) is 41.1 Å². The summed E-state index contributed by atoms with van der Waals surface area (Å²) < 4.78 is 38.4. The molecule has 7 nitrogen and oxygen atoms in total. The molecule has 3 aromatic rings. The molecule has 4 rings (SSSR count). The molecular weight excluding hydrogens is 373 g/mol. The minimum atomic E-state index is -2.61. The average Bonchev–Trinajstić information content (AvgIpc) is 3.06. The van der Waals surface area contributed by atoms with Gasteiger partial charge in [-0.05, 0) is 31.4 Å². The number of pyridine rings is 1. The molecule has 0 radical (unpaired) electrons. The minimum Gasteiger partial charge on any atom is -0.356 e. The standard InChI is InChI=1S/C18H17F3N6O/c19-10-6-11-12(8-24-15(11)23-7-10)16-22-5-2-14(26-16)27-18(3-1-4-18)17(28)25-9-13(20)21/h2,5-8,13H,1,3-4,9H2,(H,23,24)(H,25,28)(H,22,26,27). The Morgan fingerprint density at radius 1 is 1.32 bits per heavy atom. The van der Waals surface area contributed by atoms with E-state index in [1.807, 2.05) is 0 Å². The first-order valence-corrected chi connectivity index (χ1v) is 8.77. The normalized spacial score (nSPS) is 15.4. The first kappa shape index (κ1) is 18.2. The number of fused-ring (bicyclic) bond motifs is 1. The number of aromatic amines is 1. The highest BCUT2D eigenvalue weighted by Gasteiger charge is 2.44. The first-order chi connectivity index (χ1) is 13.5. The van der Waals surface area contributed by atoms with Crippen molar-refractivity contribution in [2.24, 2.45) is 0 Å². The van der Waals surface area contributed by atoms with E-state index in [1.54, 1.807) is 12.3 Å². The highest BCUT2D eigenvalue weighted by Crippen LogP contribution is 2.35. The number of alkyl halides is 2. The van der Waals surface area contributed by atoms with Crippen LogP contribution in [0.25, 0.3) is 22.4 Å². The molecule has 146 valence electrons. The third-order valence-corrected chi connectivity index (χ3v) is 4.82. The number of carbonyl (C=O) groups is 1. The van der Waals surface area contributed by atoms with Crippen molar-refractivity contribution in [1.82, 2.24) is 25.3 Å². The van der Waals surface area contributed by atoms with E-state index in [9.17, 15) is 18.0 Å². The Balaban J connectivity index is 1.60. The molecule has 3 N–H and O–H groups in total. The van der Waals surface area contributed by atoms with Crippen molar-refractivity contribution in [2.45, 2.75) is 31.2 Å². The molecule has 0 aliphatic heterocycles. The van der Waals surface area contributed by atoms with Crippen molar-refractivity contribution in [3.63, 3.8) is 0 Å². The van der Waals surface area contributed by atoms with Gasteiger partial charge in [-0.2, -0.15) is 0 Å². The second-order valence-electron chi connectivity index (χ2n) is 6.68. The monoisotopic (exact) mass is 390 g/mol. The van der Waals surface area contributed by atoms with Gasteiger partial charge < -0.3 is 15.6 Å². The molecule has 3 heterocycles. The van der Waals surface area contributed by atoms with E-state index in [0.717, 1.165) is 12.6 Å². The molecular formula is C18H17F3N6O. The van der Waals surface area contributed by atoms with Crippen molar-refractivity contribution in [3.8, 4) is 11.4 Å². The Hall–Kier alpha value is -3.17. The van der Waals surface area contributed by atoms with Gasteiger partial charge in [0.05, 0.1) is 12.7 Å². The maximum atomic E-state index is 13.6. The lowest BCUT2D eigenvalue weighted by Crippen LogP contribution is -2.57. The third-order valence-electron chi connectivity index (χ3n) is 4.82. The second kappa shape index (κ2) is 7.10. The molecule has 3 aromatic heterocycles. The van der Waals surface area contributed by atoms with Gasteiger partial charge >= 0.3 is 0 Å². The van der Waals surface area contributed by atoms with Gasteiger partial charge in [-0.25, -0.2) is 28.1 Å². The topological polar surface area (TPSA) is 95.6 Å². The van der Waals surface area contributed by atoms with Crippen LogP contribution >= 0.6 is 0 Å². The van der Waals surface area contributed by atoms with Crippen molar-refractivity contribution in [2.75, 3.05) is 11.9 Å². The number of hydrogen-bond donors (Lipinski definition) is 3. The Labute approximate surface area is 157 Å². The van der Waals surface area contributed by atoms with Crippen LogP contribution in [0.15, 0.2) is 30.7 Å². The quantitative estimate of drug-likeness (QED) is 0.602. The molecule has 1 saturated carbocycles. The van der Waals surface area contributed by atoms with E-state index in [-0.39, 0.29) is 0 Å². The molecule has 1 aliphatic carbocycles. The lowest BCUT2D eigenvalue weighted by molar-refractivity contribution is -0.128. The molecule has 0 saturated heterocycles. The number of carbonyl (C=O) groups excluding carboxylic acids is 1. The number of nitrogens with zero attached hydrogens (tertiary/aromatic N) is 3. The molecule has 1 fully saturated rings. The molecule has 0 spiro atoms. The summed E-state index contributed by atoms with van der Waals surface area (Å²) in [5.74, 6) is -0.244. The van der Waals surface area contributed by atoms with Crippen LogP contribution in [0.3, 0.4) is 0 Å². The van der Waals surface area contributed by atoms with E-state index in [2.05, 4.69) is 30.6 Å². The van der Waals surface area contributed by atoms with Gasteiger partial charge in [0.25, 0.3) is 6.43 Å². The lowest BCUT2D eigenvalue weighted by Gasteiger charge is -2.41. The average molecular weight is 390 g/mol. The van der Waals surface area contributed by atoms with E-state index < -0.39 is 30.2 Å². The molecule has 1 aliphatic rings. The fraction of sp³-hybridized carbons (Fsp3) is 0.333. The van der Waals surface area contributed by atoms with E-state index >= 15 is 0 Å². The number of anilines is 1. The summed E-state index contributed by atoms with van der Waals surface area (Å²) in [5.41, 5.74) is 0.102. The Kier molecular flexibility index (Phi) is 4.62. The molecule has 0 bridgehead atoms. The zero-order chi connectivity index (χ0) is 19.7. The molecule has 0 atom stereocenters. The predicted octanol–water partition coefficient (Wildman–Crippen LogP) is 2.87. The van der Waals surface area contributed by atoms with Crippen LogP contribution < -0.4 is 10.6 Å². The smallest absolute Gasteiger partial charge is 0.255 e. The van der Waals surface area contributed by atoms with Gasteiger partial charge in [-0.1, -0.05) is 0 Å². The third kappa shape index (κ3) is 3.37. The van der Waals surface area contributed by atoms with Crippen LogP contribution in [-0.2, 0) is 4.79 Å². The van der Waals surface area contributed by atoms with Crippen LogP contribution in [0, 0.1) is 5.82 Å². The maximum Gasteiger partial charge on any atom is 0.255 e. The number of H-pyrrole nitrogens is 1. The van der Waals surface area contributed by atoms with Crippen LogP contribution in [0.2, 0.25) is 0 Å². The number of halogens is 3. The zero-order valence-electron chi connectivity index (χ0n) is 14.7. The van der Waals surface area contributed by atoms with Gasteiger partial charge in [-0.3, -0.25) is 4.79 Å². The van der Waals surface area contributed by atoms with Crippen molar-refractivity contribution in [3.05, 3.63) is 36.5 Å². The number of rotatable bonds is 6. The summed E-state index contributed by atoms with van der Waals surface area (Å²) in [6, 6.07) is 2.93. The fourth-order valence-electron chi connectivity index (χ4n) is 3.24. The van der Waals surface area contributed by atoms with E-state index in [4.69, 9.17) is 0 Å². The summed E-state index contributed by atoms with van der Waals surface area (Å²) in [7, 11) is 0. The maximum absolute atomic E-state index is 13.6. The lowest BCUT2D eigenvalue weighted by atomic mass is 9.76. The molecule has 0 aromatic carbocycles. The van der Waals surface area contributed by atoms with Crippen LogP contribution in [0.5, 0.6) is 0 Å². The summed E-state index contributed by atoms with van der Waals surface area (Å²) >= 11 is 0. The Morgan fingerprint density at radius 2 is 2.14 bits per heavy atom. The zero-order valence-corrected chi connectivity index (χ0v) is 14.7. The molecule has 1 amide bonds. The summed E-state index contributed by atoms with van der Waals surface area (Å²) in [5, 5.41) is 5.87. The first-order valence-electron chi connectivity index (χ1n) is 8.77. The van der Waals surface area contributed by atoms with E-state index in [1.165, 1.54) is 12.3 Å². The van der Waals surface area contributed by atoms with Crippen LogP contribution in [-0.4, -0.2) is 44.4 Å². The van der Waals surface area contributed by atoms with Crippen molar-refractivity contribution in [1.29, 1.82) is 0 Å². The van der Waals surface area contributed by atoms with Crippen molar-refractivity contribution >= 4 is 22.8 Å². The van der Waals surface area contributed by atoms with Gasteiger partial charge in [-0.15, -0.1) is 0 Å². The number of nitrogens with one attached hydrogen (secondary N) is 3. The predicted molar refractivity (Wildman–Crippen MR) is 96.3 cm³/mol. The Bertz CT molecular complexity index is 1020. The number of hydrogen-bond acceptors (Lipinski definition) is 5. The van der Waals surface area contributed by atoms with Gasteiger partial charge in [0.15, 0.2) is 5.82 Å². The largest absolute Gasteiger partial charge is 0.356 e. The number of amides is 1. The SMILES string of the molecule is O=C(NCC(F)F)C1(Nc2ccnc(-c3c[nH]c4ncc(F)cc34)n2)CCC1. The fourth-order valence-corrected chi connectivity index (χ4v) is 3.24. The highest BCUT2D eigenvalue weighted by atomic mass is 19.3. The van der Waals surface area contributed by atoms with Gasteiger partial charge in [0.1, 0.15) is 22.8 Å². The highest BCUT2D eigenvalue weighted by molar-refractivity contribution is 5.92. The van der Waals surface area contributed by atoms with Crippen molar-refractivity contribution < 1.29 is 18.0 Å².